The molecule has 2 aromatic carbocycles. The summed E-state index contributed by atoms with van der Waals surface area (Å²) in [5.41, 5.74) is 2.14. The first-order chi connectivity index (χ1) is 10.1. The number of rotatable bonds is 2. The minimum absolute atomic E-state index is 0.0406. The molecule has 0 atom stereocenters. The largest absolute Gasteiger partial charge is 0.494 e. The van der Waals surface area contributed by atoms with Gasteiger partial charge in [0.05, 0.1) is 5.69 Å². The van der Waals surface area contributed by atoms with E-state index in [0.29, 0.717) is 12.1 Å². The third kappa shape index (κ3) is 2.11. The van der Waals surface area contributed by atoms with Crippen molar-refractivity contribution in [2.45, 2.75) is 20.3 Å². The van der Waals surface area contributed by atoms with Crippen LogP contribution in [0.5, 0.6) is 5.88 Å². The van der Waals surface area contributed by atoms with E-state index in [2.05, 4.69) is 0 Å². The summed E-state index contributed by atoms with van der Waals surface area (Å²) >= 11 is 0. The van der Waals surface area contributed by atoms with Crippen molar-refractivity contribution in [2.75, 3.05) is 0 Å². The number of aryl methyl sites for hydroxylation is 1. The van der Waals surface area contributed by atoms with E-state index in [1.165, 1.54) is 4.57 Å². The molecular formula is C18H17NO2. The van der Waals surface area contributed by atoms with Crippen molar-refractivity contribution in [1.29, 1.82) is 0 Å². The van der Waals surface area contributed by atoms with Crippen LogP contribution >= 0.6 is 0 Å². The highest BCUT2D eigenvalue weighted by Gasteiger charge is 2.14. The molecule has 0 unspecified atom stereocenters. The van der Waals surface area contributed by atoms with Crippen molar-refractivity contribution in [3.63, 3.8) is 0 Å². The van der Waals surface area contributed by atoms with E-state index in [1.807, 2.05) is 56.3 Å². The Kier molecular flexibility index (Phi) is 3.26. The Hall–Kier alpha value is -2.55. The van der Waals surface area contributed by atoms with Crippen LogP contribution in [0.25, 0.3) is 16.5 Å². The van der Waals surface area contributed by atoms with Gasteiger partial charge in [-0.2, -0.15) is 0 Å². The third-order valence-electron chi connectivity index (χ3n) is 3.88. The Morgan fingerprint density at radius 3 is 2.57 bits per heavy atom. The van der Waals surface area contributed by atoms with Crippen molar-refractivity contribution in [3.05, 3.63) is 70.0 Å². The highest BCUT2D eigenvalue weighted by atomic mass is 16.3. The summed E-state index contributed by atoms with van der Waals surface area (Å²) < 4.78 is 1.40. The molecule has 106 valence electrons. The van der Waals surface area contributed by atoms with Crippen molar-refractivity contribution >= 4 is 10.8 Å². The molecule has 1 N–H and O–H groups in total. The lowest BCUT2D eigenvalue weighted by atomic mass is 10.1. The van der Waals surface area contributed by atoms with Gasteiger partial charge in [-0.05, 0) is 30.4 Å². The first kappa shape index (κ1) is 13.4. The summed E-state index contributed by atoms with van der Waals surface area (Å²) in [5, 5.41) is 12.5. The van der Waals surface area contributed by atoms with E-state index < -0.39 is 0 Å². The Morgan fingerprint density at radius 2 is 1.81 bits per heavy atom. The van der Waals surface area contributed by atoms with Crippen molar-refractivity contribution < 1.29 is 5.11 Å². The minimum Gasteiger partial charge on any atom is -0.494 e. The lowest BCUT2D eigenvalue weighted by Gasteiger charge is -2.15. The van der Waals surface area contributed by atoms with Crippen LogP contribution in [0.1, 0.15) is 18.1 Å². The Bertz CT molecular complexity index is 873. The van der Waals surface area contributed by atoms with E-state index in [1.54, 1.807) is 6.07 Å². The van der Waals surface area contributed by atoms with Gasteiger partial charge in [-0.25, -0.2) is 4.57 Å². The van der Waals surface area contributed by atoms with Crippen LogP contribution < -0.4 is 5.56 Å². The average molecular weight is 279 g/mol. The van der Waals surface area contributed by atoms with Gasteiger partial charge in [0.15, 0.2) is 0 Å². The quantitative estimate of drug-likeness (QED) is 0.779. The molecule has 0 fully saturated rings. The smallest absolute Gasteiger partial charge is 0.258 e. The molecule has 3 rings (SSSR count). The maximum atomic E-state index is 12.4. The first-order valence-corrected chi connectivity index (χ1v) is 7.06. The second-order valence-electron chi connectivity index (χ2n) is 5.15. The Labute approximate surface area is 123 Å². The molecule has 0 aliphatic rings. The molecule has 0 amide bonds. The van der Waals surface area contributed by atoms with Crippen LogP contribution in [0.3, 0.4) is 0 Å². The first-order valence-electron chi connectivity index (χ1n) is 7.06. The van der Waals surface area contributed by atoms with Gasteiger partial charge in [0.1, 0.15) is 0 Å². The fraction of sp³-hybridized carbons (Fsp3) is 0.167. The maximum Gasteiger partial charge on any atom is 0.258 e. The number of fused-ring (bicyclic) bond motifs is 1. The van der Waals surface area contributed by atoms with Crippen LogP contribution in [0.15, 0.2) is 53.3 Å². The summed E-state index contributed by atoms with van der Waals surface area (Å²) in [5.74, 6) is 0.0406. The number of nitrogens with zero attached hydrogens (tertiary/aromatic N) is 1. The normalized spacial score (nSPS) is 11.0. The minimum atomic E-state index is -0.210. The highest BCUT2D eigenvalue weighted by molar-refractivity contribution is 5.90. The average Bonchev–Trinajstić information content (AvgIpc) is 2.47. The predicted octanol–water partition coefficient (Wildman–Crippen LogP) is 3.57. The summed E-state index contributed by atoms with van der Waals surface area (Å²) in [6.07, 6.45) is 0.683. The third-order valence-corrected chi connectivity index (χ3v) is 3.88. The topological polar surface area (TPSA) is 42.2 Å². The summed E-state index contributed by atoms with van der Waals surface area (Å²) in [7, 11) is 0. The van der Waals surface area contributed by atoms with E-state index in [0.717, 1.165) is 21.9 Å². The molecule has 0 spiro atoms. The van der Waals surface area contributed by atoms with Crippen LogP contribution in [0, 0.1) is 6.92 Å². The lowest BCUT2D eigenvalue weighted by molar-refractivity contribution is 0.428. The van der Waals surface area contributed by atoms with Gasteiger partial charge >= 0.3 is 0 Å². The SMILES string of the molecule is CCc1c(C)cc(=O)n(-c2cccc3ccccc23)c1O. The van der Waals surface area contributed by atoms with Crippen LogP contribution in [0.2, 0.25) is 0 Å². The van der Waals surface area contributed by atoms with E-state index >= 15 is 0 Å². The monoisotopic (exact) mass is 279 g/mol. The summed E-state index contributed by atoms with van der Waals surface area (Å²) in [6, 6.07) is 15.2. The molecule has 3 nitrogen and oxygen atoms in total. The fourth-order valence-corrected chi connectivity index (χ4v) is 2.83. The lowest BCUT2D eigenvalue weighted by Crippen LogP contribution is -2.19. The number of aromatic hydroxyl groups is 1. The standard InChI is InChI=1S/C18H17NO2/c1-3-14-12(2)11-17(20)19(18(14)21)16-10-6-8-13-7-4-5-9-15(13)16/h4-11,21H,3H2,1-2H3. The van der Waals surface area contributed by atoms with E-state index in [-0.39, 0.29) is 11.4 Å². The van der Waals surface area contributed by atoms with Gasteiger partial charge in [0.2, 0.25) is 5.88 Å². The number of hydrogen-bond donors (Lipinski definition) is 1. The summed E-state index contributed by atoms with van der Waals surface area (Å²) in [6.45, 7) is 3.83. The number of aromatic nitrogens is 1. The number of benzene rings is 2. The highest BCUT2D eigenvalue weighted by Crippen LogP contribution is 2.27. The second-order valence-corrected chi connectivity index (χ2v) is 5.15. The molecule has 0 aliphatic carbocycles. The number of hydrogen-bond acceptors (Lipinski definition) is 2. The van der Waals surface area contributed by atoms with Gasteiger partial charge in [0.25, 0.3) is 5.56 Å². The fourth-order valence-electron chi connectivity index (χ4n) is 2.83. The van der Waals surface area contributed by atoms with Crippen molar-refractivity contribution in [2.24, 2.45) is 0 Å². The summed E-state index contributed by atoms with van der Waals surface area (Å²) in [4.78, 5) is 12.4. The second kappa shape index (κ2) is 5.09. The molecule has 0 saturated heterocycles. The Balaban J connectivity index is 2.41. The van der Waals surface area contributed by atoms with Crippen LogP contribution in [-0.2, 0) is 6.42 Å². The number of pyridine rings is 1. The van der Waals surface area contributed by atoms with E-state index in [9.17, 15) is 9.90 Å². The molecule has 3 aromatic rings. The molecule has 0 bridgehead atoms. The van der Waals surface area contributed by atoms with Gasteiger partial charge < -0.3 is 5.11 Å². The molecule has 21 heavy (non-hydrogen) atoms. The Morgan fingerprint density at radius 1 is 1.10 bits per heavy atom. The molecule has 1 aromatic heterocycles. The van der Waals surface area contributed by atoms with Crippen molar-refractivity contribution in [3.8, 4) is 11.6 Å². The molecule has 3 heteroatoms. The van der Waals surface area contributed by atoms with Crippen LogP contribution in [0.4, 0.5) is 0 Å². The van der Waals surface area contributed by atoms with Crippen molar-refractivity contribution in [1.82, 2.24) is 4.57 Å². The van der Waals surface area contributed by atoms with Gasteiger partial charge in [-0.3, -0.25) is 4.79 Å². The molecule has 0 saturated carbocycles. The maximum absolute atomic E-state index is 12.4. The van der Waals surface area contributed by atoms with Crippen LogP contribution in [-0.4, -0.2) is 9.67 Å². The molecule has 0 radical (unpaired) electrons. The van der Waals surface area contributed by atoms with Gasteiger partial charge in [-0.15, -0.1) is 0 Å². The zero-order valence-electron chi connectivity index (χ0n) is 12.1. The van der Waals surface area contributed by atoms with E-state index in [4.69, 9.17) is 0 Å². The predicted molar refractivity (Wildman–Crippen MR) is 85.3 cm³/mol. The molecule has 1 heterocycles. The van der Waals surface area contributed by atoms with Gasteiger partial charge in [0, 0.05) is 17.0 Å². The molecular weight excluding hydrogens is 262 g/mol. The zero-order valence-corrected chi connectivity index (χ0v) is 12.1. The molecule has 0 aliphatic heterocycles. The zero-order chi connectivity index (χ0) is 15.0. The van der Waals surface area contributed by atoms with Gasteiger partial charge in [-0.1, -0.05) is 43.3 Å².